The molecule has 0 aromatic heterocycles. The highest BCUT2D eigenvalue weighted by Gasteiger charge is 2.22. The van der Waals surface area contributed by atoms with E-state index >= 15 is 0 Å². The third kappa shape index (κ3) is 4.39. The summed E-state index contributed by atoms with van der Waals surface area (Å²) < 4.78 is 40.6. The first-order valence-corrected chi connectivity index (χ1v) is 8.34. The van der Waals surface area contributed by atoms with Crippen molar-refractivity contribution in [2.24, 2.45) is 5.92 Å². The summed E-state index contributed by atoms with van der Waals surface area (Å²) in [4.78, 5) is 0.0385. The summed E-state index contributed by atoms with van der Waals surface area (Å²) in [6.07, 6.45) is 1.35. The van der Waals surface area contributed by atoms with E-state index < -0.39 is 15.8 Å². The van der Waals surface area contributed by atoms with E-state index in [9.17, 15) is 12.8 Å². The number of aliphatic hydroxyl groups excluding tert-OH is 1. The van der Waals surface area contributed by atoms with E-state index in [0.29, 0.717) is 12.0 Å². The van der Waals surface area contributed by atoms with Gasteiger partial charge in [-0.25, -0.2) is 17.5 Å². The van der Waals surface area contributed by atoms with Crippen LogP contribution in [-0.4, -0.2) is 26.7 Å². The van der Waals surface area contributed by atoms with Gasteiger partial charge in [-0.05, 0) is 49.8 Å². The van der Waals surface area contributed by atoms with Crippen LogP contribution in [0, 0.1) is 25.6 Å². The lowest BCUT2D eigenvalue weighted by molar-refractivity contribution is 0.228. The molecule has 0 bridgehead atoms. The third-order valence-corrected chi connectivity index (χ3v) is 5.20. The number of halogens is 1. The van der Waals surface area contributed by atoms with Gasteiger partial charge >= 0.3 is 0 Å². The zero-order valence-corrected chi connectivity index (χ0v) is 13.4. The fraction of sp³-hybridized carbons (Fsp3) is 0.571. The predicted molar refractivity (Wildman–Crippen MR) is 81.0 cm³/mol. The second kappa shape index (κ2) is 7.20. The molecule has 0 aliphatic rings. The van der Waals surface area contributed by atoms with Crippen LogP contribution in [0.1, 0.15) is 30.9 Å². The summed E-state index contributed by atoms with van der Waals surface area (Å²) >= 11 is 0. The van der Waals surface area contributed by atoms with E-state index in [-0.39, 0.29) is 35.2 Å². The van der Waals surface area contributed by atoms with Crippen LogP contribution < -0.4 is 10.5 Å². The number of aryl methyl sites for hydroxylation is 1. The highest BCUT2D eigenvalue weighted by atomic mass is 32.2. The molecule has 1 aromatic carbocycles. The number of rotatable bonds is 7. The van der Waals surface area contributed by atoms with Crippen LogP contribution in [0.4, 0.5) is 10.1 Å². The molecule has 1 atom stereocenters. The van der Waals surface area contributed by atoms with Crippen molar-refractivity contribution in [1.82, 2.24) is 4.72 Å². The van der Waals surface area contributed by atoms with Crippen LogP contribution in [0.25, 0.3) is 0 Å². The van der Waals surface area contributed by atoms with Gasteiger partial charge in [-0.2, -0.15) is 0 Å². The van der Waals surface area contributed by atoms with Crippen LogP contribution >= 0.6 is 0 Å². The summed E-state index contributed by atoms with van der Waals surface area (Å²) in [7, 11) is -3.72. The van der Waals surface area contributed by atoms with Crippen molar-refractivity contribution in [2.45, 2.75) is 38.5 Å². The number of sulfonamides is 1. The van der Waals surface area contributed by atoms with E-state index in [2.05, 4.69) is 4.72 Å². The molecule has 7 heteroatoms. The molecule has 1 unspecified atom stereocenters. The number of aliphatic hydroxyl groups is 1. The van der Waals surface area contributed by atoms with Crippen molar-refractivity contribution in [2.75, 3.05) is 18.9 Å². The van der Waals surface area contributed by atoms with Gasteiger partial charge in [-0.3, -0.25) is 0 Å². The normalized spacial score (nSPS) is 13.4. The lowest BCUT2D eigenvalue weighted by Gasteiger charge is -2.15. The first-order chi connectivity index (χ1) is 9.70. The van der Waals surface area contributed by atoms with Crippen LogP contribution in [0.15, 0.2) is 11.0 Å². The van der Waals surface area contributed by atoms with E-state index in [1.807, 2.05) is 6.92 Å². The highest BCUT2D eigenvalue weighted by molar-refractivity contribution is 7.89. The molecule has 21 heavy (non-hydrogen) atoms. The molecule has 4 N–H and O–H groups in total. The molecular weight excluding hydrogens is 295 g/mol. The number of hydrogen-bond acceptors (Lipinski definition) is 4. The molecule has 5 nitrogen and oxygen atoms in total. The van der Waals surface area contributed by atoms with Gasteiger partial charge in [0.25, 0.3) is 0 Å². The summed E-state index contributed by atoms with van der Waals surface area (Å²) in [6.45, 7) is 5.28. The Labute approximate surface area is 125 Å². The van der Waals surface area contributed by atoms with Crippen LogP contribution in [0.3, 0.4) is 0 Å². The summed E-state index contributed by atoms with van der Waals surface area (Å²) in [5.74, 6) is -0.472. The fourth-order valence-electron chi connectivity index (χ4n) is 2.16. The molecule has 0 saturated carbocycles. The van der Waals surface area contributed by atoms with Crippen LogP contribution in [0.5, 0.6) is 0 Å². The monoisotopic (exact) mass is 318 g/mol. The Kier molecular flexibility index (Phi) is 6.12. The number of nitrogen functional groups attached to an aromatic ring is 1. The van der Waals surface area contributed by atoms with E-state index in [4.69, 9.17) is 10.8 Å². The van der Waals surface area contributed by atoms with Crippen LogP contribution in [0.2, 0.25) is 0 Å². The lowest BCUT2D eigenvalue weighted by atomic mass is 10.1. The molecular formula is C14H23FN2O3S. The number of benzene rings is 1. The van der Waals surface area contributed by atoms with Crippen molar-refractivity contribution < 1.29 is 17.9 Å². The van der Waals surface area contributed by atoms with Gasteiger partial charge in [0, 0.05) is 13.2 Å². The first-order valence-electron chi connectivity index (χ1n) is 6.86. The number of hydrogen-bond donors (Lipinski definition) is 3. The fourth-order valence-corrected chi connectivity index (χ4v) is 3.72. The smallest absolute Gasteiger partial charge is 0.241 e. The van der Waals surface area contributed by atoms with E-state index in [0.717, 1.165) is 12.5 Å². The van der Waals surface area contributed by atoms with Gasteiger partial charge in [-0.1, -0.05) is 6.92 Å². The zero-order chi connectivity index (χ0) is 16.2. The number of anilines is 1. The predicted octanol–water partition coefficient (Wildman–Crippen LogP) is 1.71. The first kappa shape index (κ1) is 17.9. The molecule has 1 rings (SSSR count). The largest absolute Gasteiger partial charge is 0.396 e. The molecule has 0 spiro atoms. The van der Waals surface area contributed by atoms with Crippen molar-refractivity contribution in [3.8, 4) is 0 Å². The summed E-state index contributed by atoms with van der Waals surface area (Å²) in [5, 5.41) is 8.91. The molecule has 0 aliphatic carbocycles. The zero-order valence-electron chi connectivity index (χ0n) is 12.6. The SMILES string of the molecule is Cc1cc(F)c(N)c(C)c1S(=O)(=O)NCCCC(C)CO. The minimum absolute atomic E-state index is 0.0385. The van der Waals surface area contributed by atoms with Gasteiger partial charge in [-0.15, -0.1) is 0 Å². The maximum Gasteiger partial charge on any atom is 0.241 e. The average Bonchev–Trinajstić information content (AvgIpc) is 2.40. The Hall–Kier alpha value is -1.18. The molecule has 0 saturated heterocycles. The lowest BCUT2D eigenvalue weighted by Crippen LogP contribution is -2.27. The van der Waals surface area contributed by atoms with Gasteiger partial charge < -0.3 is 10.8 Å². The van der Waals surface area contributed by atoms with Crippen molar-refractivity contribution in [3.63, 3.8) is 0 Å². The minimum Gasteiger partial charge on any atom is -0.396 e. The Morgan fingerprint density at radius 2 is 2.05 bits per heavy atom. The van der Waals surface area contributed by atoms with E-state index in [1.165, 1.54) is 13.8 Å². The third-order valence-electron chi connectivity index (χ3n) is 3.45. The average molecular weight is 318 g/mol. The van der Waals surface area contributed by atoms with Gasteiger partial charge in [0.05, 0.1) is 10.6 Å². The minimum atomic E-state index is -3.72. The molecule has 0 radical (unpaired) electrons. The topological polar surface area (TPSA) is 92.4 Å². The Morgan fingerprint density at radius 1 is 1.43 bits per heavy atom. The van der Waals surface area contributed by atoms with Gasteiger partial charge in [0.2, 0.25) is 10.0 Å². The molecule has 0 fully saturated rings. The molecule has 0 heterocycles. The second-order valence-electron chi connectivity index (χ2n) is 5.37. The van der Waals surface area contributed by atoms with Crippen molar-refractivity contribution in [1.29, 1.82) is 0 Å². The molecule has 0 aliphatic heterocycles. The number of nitrogens with two attached hydrogens (primary N) is 1. The Bertz CT molecular complexity index is 603. The van der Waals surface area contributed by atoms with Crippen molar-refractivity contribution >= 4 is 15.7 Å². The van der Waals surface area contributed by atoms with Gasteiger partial charge in [0.1, 0.15) is 5.82 Å². The summed E-state index contributed by atoms with van der Waals surface area (Å²) in [5.41, 5.74) is 5.98. The molecule has 0 amide bonds. The Morgan fingerprint density at radius 3 is 2.62 bits per heavy atom. The van der Waals surface area contributed by atoms with Gasteiger partial charge in [0.15, 0.2) is 0 Å². The quantitative estimate of drug-likeness (QED) is 0.527. The van der Waals surface area contributed by atoms with Crippen molar-refractivity contribution in [3.05, 3.63) is 23.0 Å². The second-order valence-corrected chi connectivity index (χ2v) is 7.07. The van der Waals surface area contributed by atoms with E-state index in [1.54, 1.807) is 0 Å². The molecule has 120 valence electrons. The molecule has 1 aromatic rings. The number of nitrogens with one attached hydrogen (secondary N) is 1. The Balaban J connectivity index is 2.87. The highest BCUT2D eigenvalue weighted by Crippen LogP contribution is 2.27. The maximum absolute atomic E-state index is 13.5. The standard InChI is InChI=1S/C14H23FN2O3S/c1-9(8-18)5-4-6-17-21(19,20)14-10(2)7-12(15)13(16)11(14)3/h7,9,17-18H,4-6,8,16H2,1-3H3. The van der Waals surface area contributed by atoms with Crippen LogP contribution in [-0.2, 0) is 10.0 Å². The summed E-state index contributed by atoms with van der Waals surface area (Å²) in [6, 6.07) is 1.13. The maximum atomic E-state index is 13.5.